The summed E-state index contributed by atoms with van der Waals surface area (Å²) in [6.45, 7) is 1.96. The second-order valence-electron chi connectivity index (χ2n) is 8.12. The van der Waals surface area contributed by atoms with Gasteiger partial charge in [-0.15, -0.1) is 0 Å². The van der Waals surface area contributed by atoms with Crippen molar-refractivity contribution in [1.82, 2.24) is 4.57 Å². The molecule has 1 aromatic heterocycles. The van der Waals surface area contributed by atoms with E-state index in [9.17, 15) is 27.1 Å². The monoisotopic (exact) mass is 492 g/mol. The SMILES string of the molecule is Cc1ccc(-n2c(C[C@H](C)O)cc(C(=O)Nc3ccc(S(C)(=O)=O)cc3)c2C)c(OC(F)F)c1. The first kappa shape index (κ1) is 25.4. The standard InChI is InChI=1S/C24H26F2N2O5S/c1-14-5-10-21(22(11-14)33-24(25)26)28-16(3)20(13-18(28)12-15(2)29)23(30)27-17-6-8-19(9-7-17)34(4,31)32/h5-11,13,15,24,29H,12H2,1-4H3,(H,27,30)/t15-/m0/s1. The summed E-state index contributed by atoms with van der Waals surface area (Å²) in [5.74, 6) is -0.525. The predicted octanol–water partition coefficient (Wildman–Crippen LogP) is 4.27. The zero-order valence-electron chi connectivity index (χ0n) is 19.2. The molecule has 1 amide bonds. The highest BCUT2D eigenvalue weighted by atomic mass is 32.2. The fourth-order valence-corrected chi connectivity index (χ4v) is 4.30. The molecule has 2 aromatic carbocycles. The van der Waals surface area contributed by atoms with Crippen LogP contribution in [0.2, 0.25) is 0 Å². The maximum absolute atomic E-state index is 13.1. The van der Waals surface area contributed by atoms with Crippen LogP contribution in [0.4, 0.5) is 14.5 Å². The molecule has 0 radical (unpaired) electrons. The van der Waals surface area contributed by atoms with Crippen molar-refractivity contribution < 1.29 is 31.8 Å². The van der Waals surface area contributed by atoms with Crippen molar-refractivity contribution >= 4 is 21.4 Å². The minimum Gasteiger partial charge on any atom is -0.433 e. The van der Waals surface area contributed by atoms with Gasteiger partial charge in [0.1, 0.15) is 5.75 Å². The average molecular weight is 493 g/mol. The van der Waals surface area contributed by atoms with Crippen LogP contribution in [-0.2, 0) is 16.3 Å². The Kier molecular flexibility index (Phi) is 7.42. The van der Waals surface area contributed by atoms with E-state index >= 15 is 0 Å². The summed E-state index contributed by atoms with van der Waals surface area (Å²) < 4.78 is 55.8. The Labute approximate surface area is 196 Å². The van der Waals surface area contributed by atoms with E-state index in [-0.39, 0.29) is 22.6 Å². The van der Waals surface area contributed by atoms with E-state index in [1.807, 2.05) is 0 Å². The average Bonchev–Trinajstić information content (AvgIpc) is 3.03. The summed E-state index contributed by atoms with van der Waals surface area (Å²) in [5.41, 5.74) is 2.69. The molecule has 0 spiro atoms. The molecule has 10 heteroatoms. The van der Waals surface area contributed by atoms with Gasteiger partial charge in [0.05, 0.1) is 22.3 Å². The van der Waals surface area contributed by atoms with Gasteiger partial charge in [-0.05, 0) is 68.8 Å². The van der Waals surface area contributed by atoms with E-state index in [4.69, 9.17) is 4.74 Å². The van der Waals surface area contributed by atoms with Gasteiger partial charge in [-0.2, -0.15) is 8.78 Å². The number of sulfone groups is 1. The number of hydrogen-bond acceptors (Lipinski definition) is 5. The molecular formula is C24H26F2N2O5S. The van der Waals surface area contributed by atoms with Crippen molar-refractivity contribution in [1.29, 1.82) is 0 Å². The van der Waals surface area contributed by atoms with E-state index in [0.29, 0.717) is 22.8 Å². The van der Waals surface area contributed by atoms with Crippen molar-refractivity contribution in [3.05, 3.63) is 71.0 Å². The van der Waals surface area contributed by atoms with E-state index in [2.05, 4.69) is 5.32 Å². The number of anilines is 1. The van der Waals surface area contributed by atoms with Crippen LogP contribution in [0.5, 0.6) is 5.75 Å². The lowest BCUT2D eigenvalue weighted by atomic mass is 10.1. The molecule has 34 heavy (non-hydrogen) atoms. The second-order valence-corrected chi connectivity index (χ2v) is 10.1. The van der Waals surface area contributed by atoms with E-state index in [1.165, 1.54) is 30.3 Å². The number of aliphatic hydroxyl groups excluding tert-OH is 1. The zero-order chi connectivity index (χ0) is 25.2. The molecule has 0 saturated carbocycles. The molecule has 0 unspecified atom stereocenters. The first-order chi connectivity index (χ1) is 15.9. The Bertz CT molecular complexity index is 1300. The first-order valence-corrected chi connectivity index (χ1v) is 12.3. The van der Waals surface area contributed by atoms with Crippen LogP contribution in [0.15, 0.2) is 53.4 Å². The van der Waals surface area contributed by atoms with Gasteiger partial charge in [0.2, 0.25) is 0 Å². The molecular weight excluding hydrogens is 466 g/mol. The van der Waals surface area contributed by atoms with Crippen LogP contribution in [-0.4, -0.2) is 43.0 Å². The van der Waals surface area contributed by atoms with Crippen LogP contribution in [0.1, 0.15) is 34.2 Å². The van der Waals surface area contributed by atoms with E-state index in [0.717, 1.165) is 11.8 Å². The van der Waals surface area contributed by atoms with Crippen LogP contribution in [0, 0.1) is 13.8 Å². The van der Waals surface area contributed by atoms with Crippen LogP contribution in [0.25, 0.3) is 5.69 Å². The van der Waals surface area contributed by atoms with Gasteiger partial charge in [0.15, 0.2) is 9.84 Å². The smallest absolute Gasteiger partial charge is 0.387 e. The van der Waals surface area contributed by atoms with Gasteiger partial charge in [0, 0.05) is 29.8 Å². The minimum atomic E-state index is -3.37. The van der Waals surface area contributed by atoms with Crippen LogP contribution in [0.3, 0.4) is 0 Å². The Morgan fingerprint density at radius 2 is 1.76 bits per heavy atom. The fourth-order valence-electron chi connectivity index (χ4n) is 3.67. The molecule has 1 heterocycles. The minimum absolute atomic E-state index is 0.0520. The summed E-state index contributed by atoms with van der Waals surface area (Å²) in [6.07, 6.45) is 0.504. The van der Waals surface area contributed by atoms with Crippen molar-refractivity contribution in [2.45, 2.75) is 44.8 Å². The summed E-state index contributed by atoms with van der Waals surface area (Å²) in [7, 11) is -3.37. The highest BCUT2D eigenvalue weighted by Crippen LogP contribution is 2.31. The third kappa shape index (κ3) is 5.81. The lowest BCUT2D eigenvalue weighted by Gasteiger charge is -2.18. The number of ether oxygens (including phenoxy) is 1. The number of carbonyl (C=O) groups is 1. The summed E-state index contributed by atoms with van der Waals surface area (Å²) >= 11 is 0. The molecule has 0 bridgehead atoms. The number of halogens is 2. The molecule has 0 fully saturated rings. The number of aromatic nitrogens is 1. The normalized spacial score (nSPS) is 12.6. The topological polar surface area (TPSA) is 97.6 Å². The molecule has 7 nitrogen and oxygen atoms in total. The lowest BCUT2D eigenvalue weighted by Crippen LogP contribution is -2.14. The fraction of sp³-hybridized carbons (Fsp3) is 0.292. The van der Waals surface area contributed by atoms with E-state index in [1.54, 1.807) is 43.5 Å². The Morgan fingerprint density at radius 1 is 1.12 bits per heavy atom. The number of nitrogens with zero attached hydrogens (tertiary/aromatic N) is 1. The van der Waals surface area contributed by atoms with Gasteiger partial charge in [0.25, 0.3) is 5.91 Å². The number of rotatable bonds is 8. The number of aliphatic hydroxyl groups is 1. The van der Waals surface area contributed by atoms with Gasteiger partial charge in [-0.25, -0.2) is 8.42 Å². The number of carbonyl (C=O) groups excluding carboxylic acids is 1. The highest BCUT2D eigenvalue weighted by Gasteiger charge is 2.22. The van der Waals surface area contributed by atoms with Crippen molar-refractivity contribution in [2.75, 3.05) is 11.6 Å². The largest absolute Gasteiger partial charge is 0.433 e. The molecule has 0 aliphatic heterocycles. The number of benzene rings is 2. The third-order valence-electron chi connectivity index (χ3n) is 5.19. The molecule has 0 saturated heterocycles. The zero-order valence-corrected chi connectivity index (χ0v) is 20.0. The highest BCUT2D eigenvalue weighted by molar-refractivity contribution is 7.90. The molecule has 2 N–H and O–H groups in total. The number of alkyl halides is 2. The van der Waals surface area contributed by atoms with Gasteiger partial charge in [-0.3, -0.25) is 4.79 Å². The van der Waals surface area contributed by atoms with E-state index < -0.39 is 28.5 Å². The molecule has 3 aromatic rings. The Hall–Kier alpha value is -3.24. The summed E-state index contributed by atoms with van der Waals surface area (Å²) in [5, 5.41) is 12.7. The number of nitrogens with one attached hydrogen (secondary N) is 1. The quantitative estimate of drug-likeness (QED) is 0.489. The summed E-state index contributed by atoms with van der Waals surface area (Å²) in [4.78, 5) is 13.2. The molecule has 0 aliphatic rings. The first-order valence-electron chi connectivity index (χ1n) is 10.4. The van der Waals surface area contributed by atoms with Crippen LogP contribution < -0.4 is 10.1 Å². The molecule has 182 valence electrons. The van der Waals surface area contributed by atoms with Crippen molar-refractivity contribution in [3.63, 3.8) is 0 Å². The Balaban J connectivity index is 2.03. The van der Waals surface area contributed by atoms with Crippen LogP contribution >= 0.6 is 0 Å². The number of amides is 1. The van der Waals surface area contributed by atoms with Gasteiger partial charge in [-0.1, -0.05) is 6.07 Å². The molecule has 3 rings (SSSR count). The molecule has 1 atom stereocenters. The maximum Gasteiger partial charge on any atom is 0.387 e. The Morgan fingerprint density at radius 3 is 2.32 bits per heavy atom. The van der Waals surface area contributed by atoms with Crippen molar-refractivity contribution in [2.24, 2.45) is 0 Å². The third-order valence-corrected chi connectivity index (χ3v) is 6.31. The second kappa shape index (κ2) is 9.94. The number of aryl methyl sites for hydroxylation is 1. The molecule has 0 aliphatic carbocycles. The van der Waals surface area contributed by atoms with Crippen molar-refractivity contribution in [3.8, 4) is 11.4 Å². The predicted molar refractivity (Wildman–Crippen MR) is 125 cm³/mol. The maximum atomic E-state index is 13.1. The van der Waals surface area contributed by atoms with Gasteiger partial charge < -0.3 is 19.7 Å². The number of hydrogen-bond donors (Lipinski definition) is 2. The lowest BCUT2D eigenvalue weighted by molar-refractivity contribution is -0.0499. The summed E-state index contributed by atoms with van der Waals surface area (Å²) in [6, 6.07) is 12.2. The van der Waals surface area contributed by atoms with Gasteiger partial charge >= 0.3 is 6.61 Å².